The van der Waals surface area contributed by atoms with Gasteiger partial charge in [-0.05, 0) is 25.6 Å². The van der Waals surface area contributed by atoms with Crippen molar-refractivity contribution in [3.63, 3.8) is 0 Å². The zero-order chi connectivity index (χ0) is 11.1. The van der Waals surface area contributed by atoms with Crippen LogP contribution in [0.15, 0.2) is 30.3 Å². The van der Waals surface area contributed by atoms with Gasteiger partial charge in [0.15, 0.2) is 0 Å². The Bertz CT molecular complexity index is 313. The van der Waals surface area contributed by atoms with E-state index < -0.39 is 0 Å². The molecule has 80 valence electrons. The molecule has 0 spiro atoms. The van der Waals surface area contributed by atoms with Crippen LogP contribution in [0.25, 0.3) is 0 Å². The van der Waals surface area contributed by atoms with Crippen LogP contribution in [0.5, 0.6) is 0 Å². The molecule has 0 bridgehead atoms. The fraction of sp³-hybridized carbons (Fsp3) is 0.462. The van der Waals surface area contributed by atoms with Gasteiger partial charge in [0.05, 0.1) is 6.07 Å². The Morgan fingerprint density at radius 2 is 2.00 bits per heavy atom. The van der Waals surface area contributed by atoms with Gasteiger partial charge in [-0.15, -0.1) is 0 Å². The van der Waals surface area contributed by atoms with E-state index in [4.69, 9.17) is 5.26 Å². The molecule has 0 aromatic heterocycles. The minimum Gasteiger partial charge on any atom is -0.287 e. The van der Waals surface area contributed by atoms with Crippen LogP contribution in [0.1, 0.15) is 31.4 Å². The third-order valence-corrected chi connectivity index (χ3v) is 2.54. The van der Waals surface area contributed by atoms with Gasteiger partial charge in [0.25, 0.3) is 0 Å². The van der Waals surface area contributed by atoms with Crippen LogP contribution >= 0.6 is 0 Å². The molecule has 0 radical (unpaired) electrons. The summed E-state index contributed by atoms with van der Waals surface area (Å²) >= 11 is 0. The summed E-state index contributed by atoms with van der Waals surface area (Å²) in [4.78, 5) is 2.11. The molecule has 2 heteroatoms. The normalized spacial score (nSPS) is 12.4. The number of benzene rings is 1. The van der Waals surface area contributed by atoms with E-state index >= 15 is 0 Å². The summed E-state index contributed by atoms with van der Waals surface area (Å²) in [5, 5.41) is 9.16. The summed E-state index contributed by atoms with van der Waals surface area (Å²) in [6.45, 7) is 3.14. The zero-order valence-electron chi connectivity index (χ0n) is 9.48. The van der Waals surface area contributed by atoms with Crippen LogP contribution in [-0.4, -0.2) is 18.5 Å². The average Bonchev–Trinajstić information content (AvgIpc) is 2.29. The SMILES string of the molecule is CCCCN(C)C(C#N)c1ccccc1. The molecule has 15 heavy (non-hydrogen) atoms. The number of rotatable bonds is 5. The number of nitrogens with zero attached hydrogens (tertiary/aromatic N) is 2. The lowest BCUT2D eigenvalue weighted by atomic mass is 10.1. The van der Waals surface area contributed by atoms with Crippen molar-refractivity contribution in [2.24, 2.45) is 0 Å². The molecule has 1 aromatic carbocycles. The van der Waals surface area contributed by atoms with Crippen molar-refractivity contribution >= 4 is 0 Å². The summed E-state index contributed by atoms with van der Waals surface area (Å²) in [7, 11) is 2.01. The van der Waals surface area contributed by atoms with Crippen LogP contribution in [-0.2, 0) is 0 Å². The van der Waals surface area contributed by atoms with Crippen LogP contribution in [0, 0.1) is 11.3 Å². The Morgan fingerprint density at radius 3 is 2.53 bits per heavy atom. The van der Waals surface area contributed by atoms with Crippen molar-refractivity contribution in [2.45, 2.75) is 25.8 Å². The standard InChI is InChI=1S/C13H18N2/c1-3-4-10-15(2)13(11-14)12-8-6-5-7-9-12/h5-9,13H,3-4,10H2,1-2H3. The molecule has 0 aliphatic rings. The highest BCUT2D eigenvalue weighted by Gasteiger charge is 2.14. The zero-order valence-corrected chi connectivity index (χ0v) is 9.48. The second-order valence-corrected chi connectivity index (χ2v) is 3.78. The number of unbranched alkanes of at least 4 members (excludes halogenated alkanes) is 1. The van der Waals surface area contributed by atoms with Gasteiger partial charge >= 0.3 is 0 Å². The summed E-state index contributed by atoms with van der Waals surface area (Å²) in [5.41, 5.74) is 1.08. The summed E-state index contributed by atoms with van der Waals surface area (Å²) in [6.07, 6.45) is 2.30. The highest BCUT2D eigenvalue weighted by Crippen LogP contribution is 2.18. The van der Waals surface area contributed by atoms with Gasteiger partial charge < -0.3 is 0 Å². The molecular weight excluding hydrogens is 184 g/mol. The van der Waals surface area contributed by atoms with Gasteiger partial charge in [0.2, 0.25) is 0 Å². The van der Waals surface area contributed by atoms with Crippen molar-refractivity contribution in [3.05, 3.63) is 35.9 Å². The molecule has 0 saturated heterocycles. The van der Waals surface area contributed by atoms with E-state index in [0.29, 0.717) is 0 Å². The molecule has 1 rings (SSSR count). The summed E-state index contributed by atoms with van der Waals surface area (Å²) in [6, 6.07) is 12.2. The first-order valence-corrected chi connectivity index (χ1v) is 5.44. The predicted octanol–water partition coefficient (Wildman–Crippen LogP) is 2.98. The molecule has 2 nitrogen and oxygen atoms in total. The Hall–Kier alpha value is -1.33. The maximum Gasteiger partial charge on any atom is 0.123 e. The third-order valence-electron chi connectivity index (χ3n) is 2.54. The fourth-order valence-electron chi connectivity index (χ4n) is 1.60. The molecule has 0 N–H and O–H groups in total. The van der Waals surface area contributed by atoms with Crippen molar-refractivity contribution in [2.75, 3.05) is 13.6 Å². The Kier molecular flexibility index (Phi) is 4.86. The lowest BCUT2D eigenvalue weighted by molar-refractivity contribution is 0.287. The quantitative estimate of drug-likeness (QED) is 0.734. The maximum atomic E-state index is 9.16. The van der Waals surface area contributed by atoms with Gasteiger partial charge in [-0.2, -0.15) is 5.26 Å². The van der Waals surface area contributed by atoms with E-state index in [-0.39, 0.29) is 6.04 Å². The fourth-order valence-corrected chi connectivity index (χ4v) is 1.60. The Balaban J connectivity index is 2.68. The molecule has 0 heterocycles. The van der Waals surface area contributed by atoms with E-state index in [2.05, 4.69) is 17.9 Å². The van der Waals surface area contributed by atoms with Crippen molar-refractivity contribution < 1.29 is 0 Å². The van der Waals surface area contributed by atoms with E-state index in [1.807, 2.05) is 37.4 Å². The van der Waals surface area contributed by atoms with Crippen LogP contribution in [0.4, 0.5) is 0 Å². The van der Waals surface area contributed by atoms with Gasteiger partial charge in [0.1, 0.15) is 6.04 Å². The average molecular weight is 202 g/mol. The lowest BCUT2D eigenvalue weighted by Gasteiger charge is -2.22. The maximum absolute atomic E-state index is 9.16. The predicted molar refractivity (Wildman–Crippen MR) is 62.3 cm³/mol. The van der Waals surface area contributed by atoms with Crippen molar-refractivity contribution in [1.29, 1.82) is 5.26 Å². The number of nitriles is 1. The molecule has 0 amide bonds. The first kappa shape index (κ1) is 11.7. The monoisotopic (exact) mass is 202 g/mol. The summed E-state index contributed by atoms with van der Waals surface area (Å²) < 4.78 is 0. The van der Waals surface area contributed by atoms with Crippen molar-refractivity contribution in [3.8, 4) is 6.07 Å². The topological polar surface area (TPSA) is 27.0 Å². The molecule has 1 atom stereocenters. The van der Waals surface area contributed by atoms with Gasteiger partial charge in [-0.1, -0.05) is 43.7 Å². The van der Waals surface area contributed by atoms with E-state index in [1.54, 1.807) is 0 Å². The molecule has 1 aromatic rings. The highest BCUT2D eigenvalue weighted by atomic mass is 15.1. The second-order valence-electron chi connectivity index (χ2n) is 3.78. The smallest absolute Gasteiger partial charge is 0.123 e. The molecule has 0 saturated carbocycles. The first-order valence-electron chi connectivity index (χ1n) is 5.44. The highest BCUT2D eigenvalue weighted by molar-refractivity contribution is 5.23. The molecular formula is C13H18N2. The Labute approximate surface area is 92.1 Å². The molecule has 0 aliphatic carbocycles. The van der Waals surface area contributed by atoms with Gasteiger partial charge in [-0.3, -0.25) is 4.90 Å². The van der Waals surface area contributed by atoms with Crippen molar-refractivity contribution in [1.82, 2.24) is 4.90 Å². The van der Waals surface area contributed by atoms with Crippen LogP contribution < -0.4 is 0 Å². The van der Waals surface area contributed by atoms with Gasteiger partial charge in [-0.25, -0.2) is 0 Å². The Morgan fingerprint density at radius 1 is 1.33 bits per heavy atom. The third kappa shape index (κ3) is 3.38. The molecule has 0 aliphatic heterocycles. The lowest BCUT2D eigenvalue weighted by Crippen LogP contribution is -2.24. The molecule has 1 unspecified atom stereocenters. The van der Waals surface area contributed by atoms with Crippen LogP contribution in [0.2, 0.25) is 0 Å². The van der Waals surface area contributed by atoms with Crippen LogP contribution in [0.3, 0.4) is 0 Å². The second kappa shape index (κ2) is 6.21. The summed E-state index contributed by atoms with van der Waals surface area (Å²) in [5.74, 6) is 0. The first-order chi connectivity index (χ1) is 7.29. The largest absolute Gasteiger partial charge is 0.287 e. The van der Waals surface area contributed by atoms with Gasteiger partial charge in [0, 0.05) is 0 Å². The van der Waals surface area contributed by atoms with E-state index in [0.717, 1.165) is 24.9 Å². The van der Waals surface area contributed by atoms with E-state index in [9.17, 15) is 0 Å². The minimum atomic E-state index is -0.113. The number of hydrogen-bond acceptors (Lipinski definition) is 2. The molecule has 0 fully saturated rings. The minimum absolute atomic E-state index is 0.113. The van der Waals surface area contributed by atoms with E-state index in [1.165, 1.54) is 0 Å². The number of hydrogen-bond donors (Lipinski definition) is 0.